The lowest BCUT2D eigenvalue weighted by Gasteiger charge is -2.21. The Morgan fingerprint density at radius 1 is 0.938 bits per heavy atom. The third kappa shape index (κ3) is 3.79. The maximum atomic E-state index is 12.8. The van der Waals surface area contributed by atoms with Crippen LogP contribution in [-0.4, -0.2) is 15.1 Å². The minimum Gasteiger partial charge on any atom is -0.386 e. The molecule has 0 saturated heterocycles. The third-order valence-corrected chi connectivity index (χ3v) is 6.21. The lowest BCUT2D eigenvalue weighted by Crippen LogP contribution is -2.16. The number of aromatic nitrogens is 2. The molecule has 1 fully saturated rings. The summed E-state index contributed by atoms with van der Waals surface area (Å²) < 4.78 is 38.4. The number of rotatable bonds is 4. The Balaban J connectivity index is 1.42. The van der Waals surface area contributed by atoms with Crippen molar-refractivity contribution in [3.63, 3.8) is 0 Å². The molecule has 32 heavy (non-hydrogen) atoms. The minimum atomic E-state index is -4.32. The molecule has 0 bridgehead atoms. The number of nitrogens with zero attached hydrogens (tertiary/aromatic N) is 1. The van der Waals surface area contributed by atoms with Crippen LogP contribution in [0.15, 0.2) is 66.7 Å². The zero-order valence-electron chi connectivity index (χ0n) is 17.7. The number of fused-ring (bicyclic) bond motifs is 1. The van der Waals surface area contributed by atoms with Crippen molar-refractivity contribution in [2.24, 2.45) is 0 Å². The summed E-state index contributed by atoms with van der Waals surface area (Å²) in [5.41, 5.74) is 3.85. The minimum absolute atomic E-state index is 0.172. The SMILES string of the molecule is CC(C)(O)c1ccccc1-c1ccc2[nH]c(C3CC3c3ccc(C(F)(F)F)cc3)nc2c1. The molecule has 3 nitrogen and oxygen atoms in total. The van der Waals surface area contributed by atoms with Crippen molar-refractivity contribution in [2.75, 3.05) is 0 Å². The van der Waals surface area contributed by atoms with Gasteiger partial charge in [0.15, 0.2) is 0 Å². The van der Waals surface area contributed by atoms with Crippen LogP contribution in [0.2, 0.25) is 0 Å². The summed E-state index contributed by atoms with van der Waals surface area (Å²) >= 11 is 0. The molecule has 0 radical (unpaired) electrons. The third-order valence-electron chi connectivity index (χ3n) is 6.21. The van der Waals surface area contributed by atoms with Crippen LogP contribution >= 0.6 is 0 Å². The molecule has 1 aliphatic rings. The van der Waals surface area contributed by atoms with E-state index in [9.17, 15) is 18.3 Å². The monoisotopic (exact) mass is 436 g/mol. The largest absolute Gasteiger partial charge is 0.416 e. The highest BCUT2D eigenvalue weighted by Crippen LogP contribution is 2.54. The van der Waals surface area contributed by atoms with Gasteiger partial charge in [0.2, 0.25) is 0 Å². The van der Waals surface area contributed by atoms with E-state index < -0.39 is 17.3 Å². The molecule has 3 aromatic carbocycles. The first-order chi connectivity index (χ1) is 15.1. The number of imidazole rings is 1. The average Bonchev–Trinajstić information content (AvgIpc) is 3.44. The molecule has 164 valence electrons. The van der Waals surface area contributed by atoms with Crippen molar-refractivity contribution in [1.82, 2.24) is 9.97 Å². The molecular weight excluding hydrogens is 413 g/mol. The zero-order chi connectivity index (χ0) is 22.7. The molecule has 6 heteroatoms. The molecule has 0 spiro atoms. The Kier molecular flexibility index (Phi) is 4.67. The standard InChI is InChI=1S/C26H23F3N2O/c1-25(2,32)21-6-4-3-5-18(21)16-9-12-22-23(13-16)31-24(30-22)20-14-19(20)15-7-10-17(11-8-15)26(27,28)29/h3-13,19-20,32H,14H2,1-2H3,(H,30,31). The molecule has 2 atom stereocenters. The smallest absolute Gasteiger partial charge is 0.386 e. The van der Waals surface area contributed by atoms with Gasteiger partial charge in [-0.25, -0.2) is 4.98 Å². The maximum Gasteiger partial charge on any atom is 0.416 e. The number of nitrogens with one attached hydrogen (secondary N) is 1. The van der Waals surface area contributed by atoms with E-state index in [2.05, 4.69) is 4.98 Å². The number of aromatic amines is 1. The van der Waals surface area contributed by atoms with Crippen molar-refractivity contribution in [2.45, 2.75) is 43.9 Å². The summed E-state index contributed by atoms with van der Waals surface area (Å²) in [7, 11) is 0. The molecule has 1 aromatic heterocycles. The molecule has 1 aliphatic carbocycles. The van der Waals surface area contributed by atoms with Crippen LogP contribution in [-0.2, 0) is 11.8 Å². The van der Waals surface area contributed by atoms with E-state index in [1.165, 1.54) is 0 Å². The number of H-pyrrole nitrogens is 1. The second-order valence-corrected chi connectivity index (χ2v) is 9.03. The van der Waals surface area contributed by atoms with Crippen molar-refractivity contribution in [3.05, 3.63) is 89.2 Å². The fourth-order valence-electron chi connectivity index (χ4n) is 4.42. The van der Waals surface area contributed by atoms with Crippen LogP contribution < -0.4 is 0 Å². The van der Waals surface area contributed by atoms with E-state index in [0.717, 1.165) is 57.7 Å². The van der Waals surface area contributed by atoms with Gasteiger partial charge < -0.3 is 10.1 Å². The van der Waals surface area contributed by atoms with E-state index in [4.69, 9.17) is 4.98 Å². The Labute approximate surface area is 183 Å². The lowest BCUT2D eigenvalue weighted by molar-refractivity contribution is -0.137. The van der Waals surface area contributed by atoms with E-state index in [-0.39, 0.29) is 11.8 Å². The Morgan fingerprint density at radius 3 is 2.34 bits per heavy atom. The number of hydrogen-bond donors (Lipinski definition) is 2. The molecule has 4 aromatic rings. The number of halogens is 3. The predicted molar refractivity (Wildman–Crippen MR) is 118 cm³/mol. The van der Waals surface area contributed by atoms with Gasteiger partial charge in [-0.1, -0.05) is 42.5 Å². The molecule has 2 unspecified atom stereocenters. The van der Waals surface area contributed by atoms with Crippen LogP contribution in [0.4, 0.5) is 13.2 Å². The van der Waals surface area contributed by atoms with Crippen molar-refractivity contribution >= 4 is 11.0 Å². The first-order valence-electron chi connectivity index (χ1n) is 10.6. The molecular formula is C26H23F3N2O. The first-order valence-corrected chi connectivity index (χ1v) is 10.6. The molecule has 5 rings (SSSR count). The summed E-state index contributed by atoms with van der Waals surface area (Å²) in [4.78, 5) is 8.16. The van der Waals surface area contributed by atoms with Gasteiger partial charge in [0.05, 0.1) is 22.2 Å². The summed E-state index contributed by atoms with van der Waals surface area (Å²) in [5.74, 6) is 1.21. The summed E-state index contributed by atoms with van der Waals surface area (Å²) in [6, 6.07) is 19.2. The van der Waals surface area contributed by atoms with Gasteiger partial charge in [0.1, 0.15) is 5.82 Å². The van der Waals surface area contributed by atoms with E-state index >= 15 is 0 Å². The first kappa shape index (κ1) is 20.8. The molecule has 2 N–H and O–H groups in total. The normalized spacial score (nSPS) is 18.8. The number of aliphatic hydroxyl groups is 1. The second-order valence-electron chi connectivity index (χ2n) is 9.03. The fourth-order valence-corrected chi connectivity index (χ4v) is 4.42. The van der Waals surface area contributed by atoms with Crippen LogP contribution in [0.1, 0.15) is 54.6 Å². The summed E-state index contributed by atoms with van der Waals surface area (Å²) in [6.07, 6.45) is -3.46. The van der Waals surface area contributed by atoms with Gasteiger partial charge in [-0.3, -0.25) is 0 Å². The Bertz CT molecular complexity index is 1280. The fraction of sp³-hybridized carbons (Fsp3) is 0.269. The molecule has 0 aliphatic heterocycles. The van der Waals surface area contributed by atoms with Crippen LogP contribution in [0, 0.1) is 0 Å². The van der Waals surface area contributed by atoms with E-state index in [0.29, 0.717) is 0 Å². The van der Waals surface area contributed by atoms with Crippen LogP contribution in [0.25, 0.3) is 22.2 Å². The van der Waals surface area contributed by atoms with Crippen molar-refractivity contribution < 1.29 is 18.3 Å². The zero-order valence-corrected chi connectivity index (χ0v) is 17.7. The van der Waals surface area contributed by atoms with E-state index in [1.54, 1.807) is 26.0 Å². The van der Waals surface area contributed by atoms with Crippen molar-refractivity contribution in [1.29, 1.82) is 0 Å². The van der Waals surface area contributed by atoms with Gasteiger partial charge in [0, 0.05) is 5.92 Å². The maximum absolute atomic E-state index is 12.8. The Hall–Kier alpha value is -3.12. The highest BCUT2D eigenvalue weighted by Gasteiger charge is 2.42. The number of benzene rings is 3. The van der Waals surface area contributed by atoms with E-state index in [1.807, 2.05) is 42.5 Å². The summed E-state index contributed by atoms with van der Waals surface area (Å²) in [5, 5.41) is 10.5. The predicted octanol–water partition coefficient (Wildman–Crippen LogP) is 6.75. The molecule has 0 amide bonds. The topological polar surface area (TPSA) is 48.9 Å². The second kappa shape index (κ2) is 7.20. The van der Waals surface area contributed by atoms with Gasteiger partial charge in [-0.05, 0) is 72.7 Å². The number of alkyl halides is 3. The number of hydrogen-bond acceptors (Lipinski definition) is 2. The van der Waals surface area contributed by atoms with Gasteiger partial charge in [-0.2, -0.15) is 13.2 Å². The van der Waals surface area contributed by atoms with Gasteiger partial charge >= 0.3 is 6.18 Å². The van der Waals surface area contributed by atoms with Gasteiger partial charge in [0.25, 0.3) is 0 Å². The molecule has 1 saturated carbocycles. The van der Waals surface area contributed by atoms with Crippen LogP contribution in [0.5, 0.6) is 0 Å². The lowest BCUT2D eigenvalue weighted by atomic mass is 9.89. The van der Waals surface area contributed by atoms with Crippen molar-refractivity contribution in [3.8, 4) is 11.1 Å². The highest BCUT2D eigenvalue weighted by molar-refractivity contribution is 5.83. The Morgan fingerprint density at radius 2 is 1.66 bits per heavy atom. The summed E-state index contributed by atoms with van der Waals surface area (Å²) in [6.45, 7) is 3.54. The van der Waals surface area contributed by atoms with Gasteiger partial charge in [-0.15, -0.1) is 0 Å². The quantitative estimate of drug-likeness (QED) is 0.372. The highest BCUT2D eigenvalue weighted by atomic mass is 19.4. The van der Waals surface area contributed by atoms with Crippen LogP contribution in [0.3, 0.4) is 0 Å². The average molecular weight is 436 g/mol. The molecule has 1 heterocycles.